The molecule has 0 aliphatic carbocycles. The Morgan fingerprint density at radius 1 is 0.887 bits per heavy atom. The lowest BCUT2D eigenvalue weighted by molar-refractivity contribution is -0.140. The second-order valence-corrected chi connectivity index (χ2v) is 13.8. The summed E-state index contributed by atoms with van der Waals surface area (Å²) in [7, 11) is 0. The van der Waals surface area contributed by atoms with Crippen LogP contribution in [0.4, 0.5) is 4.39 Å². The van der Waals surface area contributed by atoms with Crippen molar-refractivity contribution < 1.29 is 37.8 Å². The Morgan fingerprint density at radius 3 is 2.45 bits per heavy atom. The molecule has 13 heteroatoms. The smallest absolute Gasteiger partial charge is 0.255 e. The Balaban J connectivity index is 1.26. The first kappa shape index (κ1) is 37.5. The van der Waals surface area contributed by atoms with Gasteiger partial charge in [-0.05, 0) is 67.5 Å². The molecular weight excluding hydrogens is 681 g/mol. The molecule has 3 aromatic rings. The number of benzene rings is 3. The van der Waals surface area contributed by atoms with Crippen LogP contribution in [0.5, 0.6) is 5.75 Å². The van der Waals surface area contributed by atoms with Crippen molar-refractivity contribution in [2.75, 3.05) is 39.5 Å². The van der Waals surface area contributed by atoms with E-state index in [1.54, 1.807) is 30.3 Å². The summed E-state index contributed by atoms with van der Waals surface area (Å²) in [6.07, 6.45) is 2.24. The van der Waals surface area contributed by atoms with Crippen molar-refractivity contribution >= 4 is 29.5 Å². The number of ether oxygens (including phenoxy) is 2. The van der Waals surface area contributed by atoms with Gasteiger partial charge in [0, 0.05) is 44.7 Å². The predicted molar refractivity (Wildman–Crippen MR) is 193 cm³/mol. The first-order valence-corrected chi connectivity index (χ1v) is 18.3. The molecule has 0 unspecified atom stereocenters. The lowest BCUT2D eigenvalue weighted by Gasteiger charge is -2.38. The Hall–Kier alpha value is -5.30. The van der Waals surface area contributed by atoms with Crippen LogP contribution in [-0.2, 0) is 35.8 Å². The number of halogens is 1. The molecule has 0 radical (unpaired) electrons. The summed E-state index contributed by atoms with van der Waals surface area (Å²) in [6.45, 7) is 1.67. The molecule has 3 aliphatic heterocycles. The number of carbonyl (C=O) groups is 5. The van der Waals surface area contributed by atoms with Crippen LogP contribution in [0.2, 0.25) is 0 Å². The molecule has 0 bridgehead atoms. The van der Waals surface area contributed by atoms with E-state index in [2.05, 4.69) is 21.3 Å². The third kappa shape index (κ3) is 9.39. The number of hydrogen-bond acceptors (Lipinski definition) is 7. The fourth-order valence-corrected chi connectivity index (χ4v) is 7.30. The number of fused-ring (bicyclic) bond motifs is 2. The van der Waals surface area contributed by atoms with Crippen LogP contribution < -0.4 is 26.0 Å². The van der Waals surface area contributed by atoms with Gasteiger partial charge >= 0.3 is 0 Å². The maximum absolute atomic E-state index is 14.4. The number of nitrogens with zero attached hydrogens (tertiary/aromatic N) is 1. The van der Waals surface area contributed by atoms with Crippen molar-refractivity contribution in [1.29, 1.82) is 0 Å². The highest BCUT2D eigenvalue weighted by atomic mass is 19.1. The molecule has 53 heavy (non-hydrogen) atoms. The standard InChI is InChI=1S/C40H46FN5O7/c41-29-12-6-11-28(24-29)40(16-21-52-22-17-40)26-43-38(50)32-25-35(47)46-19-7-14-33(46)39(51)45-31(23-27-9-2-1-3-10-27)37(49)42-18-8-20-53-34-15-5-4-13-30(34)36(48)44-32/h1-6,9-13,15,24,31-33H,7-8,14,16-23,25-26H2,(H,42,49)(H,43,50)(H,44,48)(H,45,51)/t31-,32-,33-/m0/s1. The normalized spacial score (nSPS) is 22.8. The van der Waals surface area contributed by atoms with E-state index in [1.807, 2.05) is 36.4 Å². The molecule has 5 amide bonds. The van der Waals surface area contributed by atoms with Crippen LogP contribution in [0.15, 0.2) is 78.9 Å². The van der Waals surface area contributed by atoms with Gasteiger partial charge in [0.2, 0.25) is 23.6 Å². The molecule has 0 saturated carbocycles. The average molecular weight is 728 g/mol. The van der Waals surface area contributed by atoms with Gasteiger partial charge in [0.15, 0.2) is 0 Å². The van der Waals surface area contributed by atoms with E-state index in [0.717, 1.165) is 11.1 Å². The van der Waals surface area contributed by atoms with Crippen molar-refractivity contribution in [2.45, 2.75) is 68.5 Å². The third-order valence-electron chi connectivity index (χ3n) is 10.3. The molecule has 4 N–H and O–H groups in total. The van der Waals surface area contributed by atoms with E-state index in [-0.39, 0.29) is 49.9 Å². The van der Waals surface area contributed by atoms with Gasteiger partial charge in [-0.15, -0.1) is 0 Å². The quantitative estimate of drug-likeness (QED) is 0.305. The van der Waals surface area contributed by atoms with Crippen molar-refractivity contribution in [2.24, 2.45) is 0 Å². The van der Waals surface area contributed by atoms with Crippen LogP contribution in [0.3, 0.4) is 0 Å². The molecule has 6 rings (SSSR count). The molecule has 3 aromatic carbocycles. The van der Waals surface area contributed by atoms with Crippen LogP contribution in [0, 0.1) is 5.82 Å². The topological polar surface area (TPSA) is 155 Å². The summed E-state index contributed by atoms with van der Waals surface area (Å²) in [5.74, 6) is -2.65. The SMILES string of the molecule is O=C1N[C@H](C(=O)NCC2(c3cccc(F)c3)CCOCC2)CC(=O)N2CCC[C@H]2C(=O)N[C@@H](Cc2ccccc2)C(=O)NCCCOc2ccccc21. The molecule has 12 nitrogen and oxygen atoms in total. The highest BCUT2D eigenvalue weighted by Gasteiger charge is 2.39. The van der Waals surface area contributed by atoms with E-state index in [1.165, 1.54) is 17.0 Å². The van der Waals surface area contributed by atoms with Gasteiger partial charge in [0.05, 0.1) is 18.6 Å². The highest BCUT2D eigenvalue weighted by Crippen LogP contribution is 2.35. The second kappa shape index (κ2) is 17.5. The van der Waals surface area contributed by atoms with Crippen molar-refractivity contribution in [3.05, 3.63) is 101 Å². The molecule has 280 valence electrons. The van der Waals surface area contributed by atoms with E-state index >= 15 is 0 Å². The highest BCUT2D eigenvalue weighted by molar-refractivity contribution is 6.01. The Labute approximate surface area is 308 Å². The zero-order valence-corrected chi connectivity index (χ0v) is 29.6. The van der Waals surface area contributed by atoms with Crippen molar-refractivity contribution in [3.63, 3.8) is 0 Å². The molecule has 3 atom stereocenters. The van der Waals surface area contributed by atoms with Gasteiger partial charge in [-0.1, -0.05) is 54.6 Å². The number of para-hydroxylation sites is 1. The Morgan fingerprint density at radius 2 is 1.66 bits per heavy atom. The van der Waals surface area contributed by atoms with Gasteiger partial charge < -0.3 is 35.6 Å². The maximum Gasteiger partial charge on any atom is 0.255 e. The summed E-state index contributed by atoms with van der Waals surface area (Å²) >= 11 is 0. The third-order valence-corrected chi connectivity index (χ3v) is 10.3. The van der Waals surface area contributed by atoms with Crippen molar-refractivity contribution in [1.82, 2.24) is 26.2 Å². The first-order chi connectivity index (χ1) is 25.7. The second-order valence-electron chi connectivity index (χ2n) is 13.8. The zero-order chi connectivity index (χ0) is 37.2. The molecule has 3 aliphatic rings. The van der Waals surface area contributed by atoms with Crippen LogP contribution in [0.25, 0.3) is 0 Å². The number of hydrogen-bond donors (Lipinski definition) is 4. The number of nitrogens with one attached hydrogen (secondary N) is 4. The summed E-state index contributed by atoms with van der Waals surface area (Å²) in [5.41, 5.74) is 1.13. The summed E-state index contributed by atoms with van der Waals surface area (Å²) in [5, 5.41) is 11.5. The first-order valence-electron chi connectivity index (χ1n) is 18.3. The van der Waals surface area contributed by atoms with Gasteiger partial charge in [0.1, 0.15) is 29.7 Å². The summed E-state index contributed by atoms with van der Waals surface area (Å²) in [4.78, 5) is 70.5. The monoisotopic (exact) mass is 727 g/mol. The van der Waals surface area contributed by atoms with Gasteiger partial charge in [-0.2, -0.15) is 0 Å². The molecule has 0 spiro atoms. The number of amides is 5. The lowest BCUT2D eigenvalue weighted by Crippen LogP contribution is -2.56. The summed E-state index contributed by atoms with van der Waals surface area (Å²) in [6, 6.07) is 19.2. The average Bonchev–Trinajstić information content (AvgIpc) is 3.68. The van der Waals surface area contributed by atoms with E-state index in [4.69, 9.17) is 9.47 Å². The minimum absolute atomic E-state index is 0.124. The van der Waals surface area contributed by atoms with Crippen LogP contribution in [-0.4, -0.2) is 92.0 Å². The molecular formula is C40H46FN5O7. The number of carbonyl (C=O) groups excluding carboxylic acids is 5. The largest absolute Gasteiger partial charge is 0.493 e. The van der Waals surface area contributed by atoms with Gasteiger partial charge in [0.25, 0.3) is 5.91 Å². The van der Waals surface area contributed by atoms with E-state index in [9.17, 15) is 28.4 Å². The lowest BCUT2D eigenvalue weighted by atomic mass is 9.74. The van der Waals surface area contributed by atoms with E-state index < -0.39 is 59.4 Å². The molecule has 3 heterocycles. The molecule has 0 aromatic heterocycles. The predicted octanol–water partition coefficient (Wildman–Crippen LogP) is 2.80. The van der Waals surface area contributed by atoms with Gasteiger partial charge in [-0.25, -0.2) is 4.39 Å². The Bertz CT molecular complexity index is 1780. The number of rotatable bonds is 6. The van der Waals surface area contributed by atoms with Gasteiger partial charge in [-0.3, -0.25) is 24.0 Å². The fourth-order valence-electron chi connectivity index (χ4n) is 7.30. The fraction of sp³-hybridized carbons (Fsp3) is 0.425. The van der Waals surface area contributed by atoms with Crippen molar-refractivity contribution in [3.8, 4) is 5.75 Å². The minimum Gasteiger partial charge on any atom is -0.493 e. The minimum atomic E-state index is -1.31. The Kier molecular flexibility index (Phi) is 12.4. The maximum atomic E-state index is 14.4. The van der Waals surface area contributed by atoms with E-state index in [0.29, 0.717) is 45.3 Å². The van der Waals surface area contributed by atoms with Crippen LogP contribution in [0.1, 0.15) is 60.0 Å². The molecule has 2 saturated heterocycles. The zero-order valence-electron chi connectivity index (χ0n) is 29.6. The van der Waals surface area contributed by atoms with Crippen LogP contribution >= 0.6 is 0 Å². The summed E-state index contributed by atoms with van der Waals surface area (Å²) < 4.78 is 25.9. The molecule has 2 fully saturated rings.